The average Bonchev–Trinajstić information content (AvgIpc) is 2.26. The highest BCUT2D eigenvalue weighted by molar-refractivity contribution is 9.10. The van der Waals surface area contributed by atoms with E-state index in [1.807, 2.05) is 0 Å². The van der Waals surface area contributed by atoms with Crippen LogP contribution in [0.4, 0.5) is 0 Å². The molecule has 6 heteroatoms. The summed E-state index contributed by atoms with van der Waals surface area (Å²) >= 11 is 6.22. The van der Waals surface area contributed by atoms with E-state index in [0.29, 0.717) is 10.0 Å². The van der Waals surface area contributed by atoms with Crippen LogP contribution in [-0.4, -0.2) is 32.7 Å². The van der Waals surface area contributed by atoms with Crippen LogP contribution in [0.25, 0.3) is 0 Å². The van der Waals surface area contributed by atoms with Crippen molar-refractivity contribution in [3.05, 3.63) is 33.8 Å². The van der Waals surface area contributed by atoms with Gasteiger partial charge in [0.2, 0.25) is 0 Å². The molecule has 2 unspecified atom stereocenters. The molecule has 0 aliphatic heterocycles. The topological polar surface area (TPSA) is 77.8 Å². The van der Waals surface area contributed by atoms with Gasteiger partial charge in [0.25, 0.3) is 0 Å². The predicted octanol–water partition coefficient (Wildman–Crippen LogP) is 1.94. The van der Waals surface area contributed by atoms with E-state index < -0.39 is 18.2 Å². The maximum Gasteiger partial charge on any atom is 0.335 e. The summed E-state index contributed by atoms with van der Waals surface area (Å²) in [6, 6.07) is 4.25. The molecule has 1 rings (SSSR count). The van der Waals surface area contributed by atoms with Gasteiger partial charge in [0.1, 0.15) is 6.10 Å². The first-order valence-electron chi connectivity index (χ1n) is 4.42. The standard InChI is InChI=1S/C10H10Br2O4/c11-4-8(13)9(14)6-2-1-5(10(15)16)3-7(6)12/h1-3,8-9,13-14H,4H2,(H,15,16). The van der Waals surface area contributed by atoms with Gasteiger partial charge in [-0.2, -0.15) is 0 Å². The van der Waals surface area contributed by atoms with Gasteiger partial charge in [0.15, 0.2) is 0 Å². The molecule has 3 N–H and O–H groups in total. The van der Waals surface area contributed by atoms with Crippen molar-refractivity contribution in [1.82, 2.24) is 0 Å². The van der Waals surface area contributed by atoms with Crippen LogP contribution in [-0.2, 0) is 0 Å². The van der Waals surface area contributed by atoms with Gasteiger partial charge in [-0.05, 0) is 17.7 Å². The van der Waals surface area contributed by atoms with E-state index in [1.165, 1.54) is 18.2 Å². The number of hydrogen-bond donors (Lipinski definition) is 3. The molecular formula is C10H10Br2O4. The number of aliphatic hydroxyl groups excluding tert-OH is 2. The molecule has 16 heavy (non-hydrogen) atoms. The molecule has 1 aromatic rings. The lowest BCUT2D eigenvalue weighted by molar-refractivity contribution is 0.0338. The molecule has 0 fully saturated rings. The molecule has 0 heterocycles. The van der Waals surface area contributed by atoms with E-state index in [9.17, 15) is 15.0 Å². The van der Waals surface area contributed by atoms with Crippen LogP contribution in [0, 0.1) is 0 Å². The number of aromatic carboxylic acids is 1. The first kappa shape index (κ1) is 13.6. The summed E-state index contributed by atoms with van der Waals surface area (Å²) in [5.41, 5.74) is 0.577. The number of rotatable bonds is 4. The first-order chi connectivity index (χ1) is 7.47. The fourth-order valence-corrected chi connectivity index (χ4v) is 2.16. The number of hydrogen-bond acceptors (Lipinski definition) is 3. The van der Waals surface area contributed by atoms with Crippen molar-refractivity contribution in [2.24, 2.45) is 0 Å². The van der Waals surface area contributed by atoms with Crippen molar-refractivity contribution in [2.45, 2.75) is 12.2 Å². The number of alkyl halides is 1. The molecule has 0 radical (unpaired) electrons. The van der Waals surface area contributed by atoms with E-state index in [1.54, 1.807) is 0 Å². The lowest BCUT2D eigenvalue weighted by Crippen LogP contribution is -2.20. The normalized spacial score (nSPS) is 14.5. The summed E-state index contributed by atoms with van der Waals surface area (Å²) in [6.45, 7) is 0. The van der Waals surface area contributed by atoms with E-state index >= 15 is 0 Å². The molecule has 0 aromatic heterocycles. The van der Waals surface area contributed by atoms with Crippen LogP contribution in [0.1, 0.15) is 22.0 Å². The number of carboxylic acids is 1. The summed E-state index contributed by atoms with van der Waals surface area (Å²) < 4.78 is 0.458. The maximum absolute atomic E-state index is 10.7. The van der Waals surface area contributed by atoms with Crippen LogP contribution in [0.2, 0.25) is 0 Å². The van der Waals surface area contributed by atoms with E-state index in [2.05, 4.69) is 31.9 Å². The largest absolute Gasteiger partial charge is 0.478 e. The van der Waals surface area contributed by atoms with Crippen molar-refractivity contribution < 1.29 is 20.1 Å². The van der Waals surface area contributed by atoms with Crippen molar-refractivity contribution in [1.29, 1.82) is 0 Å². The average molecular weight is 354 g/mol. The van der Waals surface area contributed by atoms with Gasteiger partial charge >= 0.3 is 5.97 Å². The summed E-state index contributed by atoms with van der Waals surface area (Å²) in [7, 11) is 0. The van der Waals surface area contributed by atoms with Crippen LogP contribution < -0.4 is 0 Å². The van der Waals surface area contributed by atoms with Crippen molar-refractivity contribution in [3.63, 3.8) is 0 Å². The Hall–Kier alpha value is -0.430. The van der Waals surface area contributed by atoms with Crippen molar-refractivity contribution in [2.75, 3.05) is 5.33 Å². The van der Waals surface area contributed by atoms with Gasteiger partial charge in [-0.3, -0.25) is 0 Å². The molecule has 0 saturated carbocycles. The highest BCUT2D eigenvalue weighted by Crippen LogP contribution is 2.27. The number of aliphatic hydroxyl groups is 2. The first-order valence-corrected chi connectivity index (χ1v) is 6.33. The molecule has 1 aromatic carbocycles. The monoisotopic (exact) mass is 352 g/mol. The quantitative estimate of drug-likeness (QED) is 0.723. The Kier molecular flexibility index (Phi) is 4.91. The fraction of sp³-hybridized carbons (Fsp3) is 0.300. The fourth-order valence-electron chi connectivity index (χ4n) is 1.19. The second kappa shape index (κ2) is 5.77. The minimum Gasteiger partial charge on any atom is -0.478 e. The molecule has 4 nitrogen and oxygen atoms in total. The van der Waals surface area contributed by atoms with Gasteiger partial charge in [0.05, 0.1) is 11.7 Å². The Labute approximate surface area is 109 Å². The third-order valence-corrected chi connectivity index (χ3v) is 3.44. The van der Waals surface area contributed by atoms with E-state index in [4.69, 9.17) is 5.11 Å². The Morgan fingerprint density at radius 1 is 1.38 bits per heavy atom. The highest BCUT2D eigenvalue weighted by Gasteiger charge is 2.20. The minimum absolute atomic E-state index is 0.121. The molecule has 88 valence electrons. The molecule has 0 aliphatic carbocycles. The van der Waals surface area contributed by atoms with Gasteiger partial charge in [-0.15, -0.1) is 0 Å². The number of benzene rings is 1. The van der Waals surface area contributed by atoms with Gasteiger partial charge in [0, 0.05) is 9.80 Å². The zero-order valence-electron chi connectivity index (χ0n) is 8.10. The summed E-state index contributed by atoms with van der Waals surface area (Å²) in [5.74, 6) is -1.04. The summed E-state index contributed by atoms with van der Waals surface area (Å²) in [6.07, 6.45) is -2.00. The second-order valence-electron chi connectivity index (χ2n) is 3.21. The lowest BCUT2D eigenvalue weighted by atomic mass is 10.0. The lowest BCUT2D eigenvalue weighted by Gasteiger charge is -2.17. The Morgan fingerprint density at radius 3 is 2.44 bits per heavy atom. The SMILES string of the molecule is O=C(O)c1ccc(C(O)C(O)CBr)c(Br)c1. The van der Waals surface area contributed by atoms with E-state index in [0.717, 1.165) is 0 Å². The Bertz CT molecular complexity index is 394. The summed E-state index contributed by atoms with van der Waals surface area (Å²) in [5, 5.41) is 28.2. The number of carboxylic acid groups (broad SMARTS) is 1. The zero-order chi connectivity index (χ0) is 12.3. The Balaban J connectivity index is 3.03. The zero-order valence-corrected chi connectivity index (χ0v) is 11.3. The Morgan fingerprint density at radius 2 is 2.00 bits per heavy atom. The highest BCUT2D eigenvalue weighted by atomic mass is 79.9. The van der Waals surface area contributed by atoms with Crippen LogP contribution in [0.15, 0.2) is 22.7 Å². The minimum atomic E-state index is -1.06. The number of halogens is 2. The molecule has 0 amide bonds. The molecule has 2 atom stereocenters. The second-order valence-corrected chi connectivity index (χ2v) is 4.71. The van der Waals surface area contributed by atoms with Crippen molar-refractivity contribution in [3.8, 4) is 0 Å². The van der Waals surface area contributed by atoms with Crippen LogP contribution in [0.3, 0.4) is 0 Å². The number of carbonyl (C=O) groups is 1. The summed E-state index contributed by atoms with van der Waals surface area (Å²) in [4.78, 5) is 10.7. The molecule has 0 saturated heterocycles. The molecule has 0 bridgehead atoms. The maximum atomic E-state index is 10.7. The molecular weight excluding hydrogens is 344 g/mol. The van der Waals surface area contributed by atoms with Crippen molar-refractivity contribution >= 4 is 37.8 Å². The predicted molar refractivity (Wildman–Crippen MR) is 65.9 cm³/mol. The smallest absolute Gasteiger partial charge is 0.335 e. The van der Waals surface area contributed by atoms with Crippen LogP contribution >= 0.6 is 31.9 Å². The third-order valence-electron chi connectivity index (χ3n) is 2.09. The van der Waals surface area contributed by atoms with Gasteiger partial charge in [-0.1, -0.05) is 37.9 Å². The van der Waals surface area contributed by atoms with E-state index in [-0.39, 0.29) is 10.9 Å². The molecule has 0 aliphatic rings. The molecule has 0 spiro atoms. The third kappa shape index (κ3) is 3.04. The van der Waals surface area contributed by atoms with Gasteiger partial charge < -0.3 is 15.3 Å². The van der Waals surface area contributed by atoms with Gasteiger partial charge in [-0.25, -0.2) is 4.79 Å². The van der Waals surface area contributed by atoms with Crippen LogP contribution in [0.5, 0.6) is 0 Å².